The number of nitrogens with zero attached hydrogens (tertiary/aromatic N) is 2. The maximum absolute atomic E-state index is 12.5. The molecule has 2 aromatic rings. The molecule has 132 valence electrons. The average molecular weight is 359 g/mol. The lowest BCUT2D eigenvalue weighted by atomic mass is 10.1. The molecule has 4 nitrogen and oxygen atoms in total. The van der Waals surface area contributed by atoms with Crippen molar-refractivity contribution < 1.29 is 9.53 Å². The Kier molecular flexibility index (Phi) is 5.49. The summed E-state index contributed by atoms with van der Waals surface area (Å²) in [6.07, 6.45) is 0.459. The van der Waals surface area contributed by atoms with Gasteiger partial charge in [-0.15, -0.1) is 0 Å². The van der Waals surface area contributed by atoms with Crippen LogP contribution in [0.4, 0.5) is 5.69 Å². The van der Waals surface area contributed by atoms with E-state index in [4.69, 9.17) is 16.3 Å². The summed E-state index contributed by atoms with van der Waals surface area (Å²) in [4.78, 5) is 16.7. The van der Waals surface area contributed by atoms with Crippen molar-refractivity contribution in [1.29, 1.82) is 0 Å². The van der Waals surface area contributed by atoms with Crippen LogP contribution < -0.4 is 9.64 Å². The number of hydrogen-bond acceptors (Lipinski definition) is 3. The van der Waals surface area contributed by atoms with Gasteiger partial charge >= 0.3 is 0 Å². The van der Waals surface area contributed by atoms with Crippen molar-refractivity contribution in [3.63, 3.8) is 0 Å². The minimum Gasteiger partial charge on any atom is -0.495 e. The molecule has 0 saturated carbocycles. The van der Waals surface area contributed by atoms with Crippen LogP contribution in [0.2, 0.25) is 5.02 Å². The molecule has 2 aromatic carbocycles. The number of rotatable bonds is 4. The van der Waals surface area contributed by atoms with Gasteiger partial charge in [0.05, 0.1) is 19.2 Å². The lowest BCUT2D eigenvalue weighted by Gasteiger charge is -2.36. The Hall–Kier alpha value is -2.20. The van der Waals surface area contributed by atoms with Crippen molar-refractivity contribution in [2.24, 2.45) is 0 Å². The summed E-state index contributed by atoms with van der Waals surface area (Å²) >= 11 is 6.13. The van der Waals surface area contributed by atoms with E-state index in [1.165, 1.54) is 5.56 Å². The molecular formula is C20H23ClN2O2. The van der Waals surface area contributed by atoms with Gasteiger partial charge in [-0.25, -0.2) is 0 Å². The van der Waals surface area contributed by atoms with Crippen LogP contribution in [0.3, 0.4) is 0 Å². The SMILES string of the molecule is COc1ccc(Cl)cc1N1CCN(C(=O)Cc2ccc(C)cc2)CC1. The number of carbonyl (C=O) groups excluding carboxylic acids is 1. The fourth-order valence-electron chi connectivity index (χ4n) is 3.10. The largest absolute Gasteiger partial charge is 0.495 e. The highest BCUT2D eigenvalue weighted by Gasteiger charge is 2.23. The van der Waals surface area contributed by atoms with E-state index in [1.54, 1.807) is 7.11 Å². The summed E-state index contributed by atoms with van der Waals surface area (Å²) in [5, 5.41) is 0.689. The third kappa shape index (κ3) is 4.26. The molecule has 1 fully saturated rings. The molecule has 5 heteroatoms. The number of halogens is 1. The summed E-state index contributed by atoms with van der Waals surface area (Å²) in [6, 6.07) is 13.8. The van der Waals surface area contributed by atoms with Gasteiger partial charge in [-0.2, -0.15) is 0 Å². The van der Waals surface area contributed by atoms with E-state index in [0.717, 1.165) is 30.1 Å². The molecule has 3 rings (SSSR count). The fraction of sp³-hybridized carbons (Fsp3) is 0.350. The van der Waals surface area contributed by atoms with E-state index in [0.29, 0.717) is 24.5 Å². The fourth-order valence-corrected chi connectivity index (χ4v) is 3.27. The monoisotopic (exact) mass is 358 g/mol. The van der Waals surface area contributed by atoms with E-state index in [2.05, 4.69) is 11.8 Å². The van der Waals surface area contributed by atoms with Crippen molar-refractivity contribution in [3.8, 4) is 5.75 Å². The highest BCUT2D eigenvalue weighted by molar-refractivity contribution is 6.30. The number of carbonyl (C=O) groups is 1. The van der Waals surface area contributed by atoms with E-state index >= 15 is 0 Å². The van der Waals surface area contributed by atoms with Crippen LogP contribution in [-0.4, -0.2) is 44.1 Å². The van der Waals surface area contributed by atoms with Gasteiger partial charge in [-0.3, -0.25) is 4.79 Å². The summed E-state index contributed by atoms with van der Waals surface area (Å²) in [5.41, 5.74) is 3.26. The third-order valence-corrected chi connectivity index (χ3v) is 4.83. The van der Waals surface area contributed by atoms with E-state index in [-0.39, 0.29) is 5.91 Å². The van der Waals surface area contributed by atoms with Gasteiger partial charge in [0.2, 0.25) is 5.91 Å². The first-order valence-corrected chi connectivity index (χ1v) is 8.86. The molecule has 25 heavy (non-hydrogen) atoms. The number of ether oxygens (including phenoxy) is 1. The van der Waals surface area contributed by atoms with Crippen LogP contribution in [-0.2, 0) is 11.2 Å². The Balaban J connectivity index is 1.61. The number of amides is 1. The highest BCUT2D eigenvalue weighted by atomic mass is 35.5. The molecule has 0 N–H and O–H groups in total. The second kappa shape index (κ2) is 7.79. The normalized spacial score (nSPS) is 14.5. The molecule has 0 aromatic heterocycles. The minimum atomic E-state index is 0.182. The molecule has 0 aliphatic carbocycles. The minimum absolute atomic E-state index is 0.182. The number of piperazine rings is 1. The number of anilines is 1. The molecule has 1 saturated heterocycles. The zero-order chi connectivity index (χ0) is 17.8. The number of methoxy groups -OCH3 is 1. The lowest BCUT2D eigenvalue weighted by Crippen LogP contribution is -2.49. The number of benzene rings is 2. The predicted molar refractivity (Wildman–Crippen MR) is 102 cm³/mol. The van der Waals surface area contributed by atoms with Crippen LogP contribution >= 0.6 is 11.6 Å². The molecule has 0 atom stereocenters. The number of aryl methyl sites for hydroxylation is 1. The molecule has 0 bridgehead atoms. The molecule has 1 amide bonds. The molecule has 0 radical (unpaired) electrons. The van der Waals surface area contributed by atoms with E-state index < -0.39 is 0 Å². The Morgan fingerprint density at radius 3 is 2.40 bits per heavy atom. The third-order valence-electron chi connectivity index (χ3n) is 4.59. The van der Waals surface area contributed by atoms with Gasteiger partial charge in [0.1, 0.15) is 5.75 Å². The Labute approximate surface area is 154 Å². The van der Waals surface area contributed by atoms with Gasteiger partial charge in [0.15, 0.2) is 0 Å². The van der Waals surface area contributed by atoms with Gasteiger partial charge in [0, 0.05) is 31.2 Å². The molecule has 1 aliphatic rings. The van der Waals surface area contributed by atoms with Gasteiger partial charge in [-0.05, 0) is 30.7 Å². The Morgan fingerprint density at radius 2 is 1.76 bits per heavy atom. The zero-order valence-electron chi connectivity index (χ0n) is 14.7. The molecular weight excluding hydrogens is 336 g/mol. The molecule has 0 spiro atoms. The molecule has 1 aliphatic heterocycles. The van der Waals surface area contributed by atoms with Crippen molar-refractivity contribution in [1.82, 2.24) is 4.90 Å². The zero-order valence-corrected chi connectivity index (χ0v) is 15.4. The number of hydrogen-bond donors (Lipinski definition) is 0. The maximum atomic E-state index is 12.5. The summed E-state index contributed by atoms with van der Waals surface area (Å²) in [7, 11) is 1.66. The highest BCUT2D eigenvalue weighted by Crippen LogP contribution is 2.31. The maximum Gasteiger partial charge on any atom is 0.227 e. The van der Waals surface area contributed by atoms with Crippen molar-refractivity contribution >= 4 is 23.2 Å². The Morgan fingerprint density at radius 1 is 1.08 bits per heavy atom. The average Bonchev–Trinajstić information content (AvgIpc) is 2.63. The summed E-state index contributed by atoms with van der Waals surface area (Å²) in [6.45, 7) is 5.02. The van der Waals surface area contributed by atoms with Crippen LogP contribution in [0, 0.1) is 6.92 Å². The quantitative estimate of drug-likeness (QED) is 0.838. The van der Waals surface area contributed by atoms with Crippen LogP contribution in [0.25, 0.3) is 0 Å². The summed E-state index contributed by atoms with van der Waals surface area (Å²) in [5.74, 6) is 0.991. The van der Waals surface area contributed by atoms with Crippen molar-refractivity contribution in [3.05, 3.63) is 58.6 Å². The Bertz CT molecular complexity index is 738. The first-order chi connectivity index (χ1) is 12.1. The van der Waals surface area contributed by atoms with Crippen molar-refractivity contribution in [2.75, 3.05) is 38.2 Å². The van der Waals surface area contributed by atoms with Crippen LogP contribution in [0.1, 0.15) is 11.1 Å². The second-order valence-electron chi connectivity index (χ2n) is 6.35. The van der Waals surface area contributed by atoms with Crippen LogP contribution in [0.15, 0.2) is 42.5 Å². The topological polar surface area (TPSA) is 32.8 Å². The standard InChI is InChI=1S/C20H23ClN2O2/c1-15-3-5-16(6-4-15)13-20(24)23-11-9-22(10-12-23)18-14-17(21)7-8-19(18)25-2/h3-8,14H,9-13H2,1-2H3. The van der Waals surface area contributed by atoms with E-state index in [9.17, 15) is 4.79 Å². The van der Waals surface area contributed by atoms with Crippen LogP contribution in [0.5, 0.6) is 5.75 Å². The van der Waals surface area contributed by atoms with Gasteiger partial charge < -0.3 is 14.5 Å². The molecule has 1 heterocycles. The summed E-state index contributed by atoms with van der Waals surface area (Å²) < 4.78 is 5.44. The smallest absolute Gasteiger partial charge is 0.227 e. The second-order valence-corrected chi connectivity index (χ2v) is 6.78. The molecule has 0 unspecified atom stereocenters. The van der Waals surface area contributed by atoms with E-state index in [1.807, 2.05) is 47.4 Å². The first kappa shape index (κ1) is 17.6. The first-order valence-electron chi connectivity index (χ1n) is 8.48. The van der Waals surface area contributed by atoms with Crippen molar-refractivity contribution in [2.45, 2.75) is 13.3 Å². The van der Waals surface area contributed by atoms with Gasteiger partial charge in [-0.1, -0.05) is 41.4 Å². The lowest BCUT2D eigenvalue weighted by molar-refractivity contribution is -0.130. The predicted octanol–water partition coefficient (Wildman–Crippen LogP) is 3.55. The van der Waals surface area contributed by atoms with Gasteiger partial charge in [0.25, 0.3) is 0 Å².